The Labute approximate surface area is 237 Å². The molecule has 0 spiro atoms. The maximum atomic E-state index is 13.7. The second-order valence-electron chi connectivity index (χ2n) is 10.3. The molecule has 1 aliphatic heterocycles. The molecule has 1 N–H and O–H groups in total. The van der Waals surface area contributed by atoms with Gasteiger partial charge in [0.05, 0.1) is 28.1 Å². The van der Waals surface area contributed by atoms with Crippen LogP contribution in [-0.2, 0) is 30.1 Å². The number of carbonyl (C=O) groups excluding carboxylic acids is 4. The highest BCUT2D eigenvalue weighted by atomic mass is 35.5. The molecule has 3 aliphatic carbocycles. The van der Waals surface area contributed by atoms with Crippen molar-refractivity contribution in [1.29, 1.82) is 0 Å². The van der Waals surface area contributed by atoms with Gasteiger partial charge in [-0.3, -0.25) is 19.3 Å². The van der Waals surface area contributed by atoms with E-state index in [1.165, 1.54) is 6.92 Å². The van der Waals surface area contributed by atoms with Gasteiger partial charge < -0.3 is 10.1 Å². The Morgan fingerprint density at radius 3 is 1.85 bits per heavy atom. The number of ether oxygens (including phenoxy) is 1. The Bertz CT molecular complexity index is 1510. The molecule has 1 heterocycles. The van der Waals surface area contributed by atoms with Crippen molar-refractivity contribution in [2.45, 2.75) is 31.0 Å². The summed E-state index contributed by atoms with van der Waals surface area (Å²) in [5, 5.41) is 2.05. The summed E-state index contributed by atoms with van der Waals surface area (Å²) in [5.41, 5.74) is 2.62. The van der Waals surface area contributed by atoms with E-state index in [1.807, 2.05) is 48.5 Å². The van der Waals surface area contributed by atoms with Crippen molar-refractivity contribution in [3.8, 4) is 0 Å². The molecule has 1 saturated heterocycles. The SMILES string of the molecule is C[C@H](C(=O)OCC(=O)Nc1cc(C(F)(F)F)ccc1Cl)N1C(=O)[C@@H]2C3c4ccccc4C(c4ccccc43)[C@H]2C1=O. The molecule has 3 atom stereocenters. The van der Waals surface area contributed by atoms with Gasteiger partial charge in [0.15, 0.2) is 6.61 Å². The summed E-state index contributed by atoms with van der Waals surface area (Å²) < 4.78 is 44.1. The summed E-state index contributed by atoms with van der Waals surface area (Å²) in [5.74, 6) is -4.96. The van der Waals surface area contributed by atoms with Crippen molar-refractivity contribution in [2.24, 2.45) is 11.8 Å². The zero-order valence-corrected chi connectivity index (χ0v) is 22.2. The molecule has 41 heavy (non-hydrogen) atoms. The molecular weight excluding hydrogens is 561 g/mol. The van der Waals surface area contributed by atoms with Crippen LogP contribution < -0.4 is 5.32 Å². The first kappa shape index (κ1) is 27.0. The van der Waals surface area contributed by atoms with Crippen LogP contribution in [-0.4, -0.2) is 41.2 Å². The van der Waals surface area contributed by atoms with Crippen LogP contribution in [0.1, 0.15) is 46.6 Å². The van der Waals surface area contributed by atoms with Crippen molar-refractivity contribution in [1.82, 2.24) is 4.90 Å². The lowest BCUT2D eigenvalue weighted by atomic mass is 9.55. The van der Waals surface area contributed by atoms with Crippen LogP contribution in [0.2, 0.25) is 5.02 Å². The highest BCUT2D eigenvalue weighted by Crippen LogP contribution is 2.61. The Hall–Kier alpha value is -4.18. The van der Waals surface area contributed by atoms with Gasteiger partial charge in [0, 0.05) is 11.8 Å². The van der Waals surface area contributed by atoms with E-state index in [9.17, 15) is 32.3 Å². The maximum Gasteiger partial charge on any atom is 0.416 e. The number of nitrogens with one attached hydrogen (secondary N) is 1. The number of nitrogens with zero attached hydrogens (tertiary/aromatic N) is 1. The molecule has 0 saturated carbocycles. The van der Waals surface area contributed by atoms with Gasteiger partial charge in [-0.1, -0.05) is 60.1 Å². The van der Waals surface area contributed by atoms with Crippen LogP contribution >= 0.6 is 11.6 Å². The number of rotatable bonds is 5. The fourth-order valence-corrected chi connectivity index (χ4v) is 6.59. The van der Waals surface area contributed by atoms with Crippen LogP contribution in [0.25, 0.3) is 0 Å². The standard InChI is InChI=1S/C30H22ClF3N2O5/c1-14(29(40)41-13-22(37)35-21-12-15(30(32,33)34)10-11-20(21)31)36-27(38)25-23-16-6-2-3-7-17(16)24(26(25)28(36)39)19-9-5-4-8-18(19)23/h2-12,14,23-26H,13H2,1H3,(H,35,37)/t14-,23?,24?,25-,26-/m1/s1. The van der Waals surface area contributed by atoms with Gasteiger partial charge in [0.25, 0.3) is 5.91 Å². The third-order valence-electron chi connectivity index (χ3n) is 8.12. The number of alkyl halides is 3. The fourth-order valence-electron chi connectivity index (χ4n) is 6.43. The molecule has 1 fully saturated rings. The fraction of sp³-hybridized carbons (Fsp3) is 0.267. The lowest BCUT2D eigenvalue weighted by Crippen LogP contribution is -2.45. The second kappa shape index (κ2) is 9.73. The normalized spacial score (nSPS) is 23.0. The maximum absolute atomic E-state index is 13.7. The molecule has 4 aliphatic rings. The molecule has 0 aromatic heterocycles. The average Bonchev–Trinajstić information content (AvgIpc) is 3.22. The zero-order chi connectivity index (χ0) is 29.2. The van der Waals surface area contributed by atoms with Gasteiger partial charge >= 0.3 is 12.1 Å². The summed E-state index contributed by atoms with van der Waals surface area (Å²) in [6.45, 7) is 0.486. The van der Waals surface area contributed by atoms with Gasteiger partial charge in [-0.15, -0.1) is 0 Å². The summed E-state index contributed by atoms with van der Waals surface area (Å²) in [6.07, 6.45) is -4.65. The summed E-state index contributed by atoms with van der Waals surface area (Å²) in [7, 11) is 0. The summed E-state index contributed by atoms with van der Waals surface area (Å²) in [6, 6.07) is 16.5. The smallest absolute Gasteiger partial charge is 0.416 e. The molecule has 0 radical (unpaired) electrons. The Morgan fingerprint density at radius 2 is 1.39 bits per heavy atom. The largest absolute Gasteiger partial charge is 0.454 e. The molecule has 11 heteroatoms. The lowest BCUT2D eigenvalue weighted by Gasteiger charge is -2.45. The average molecular weight is 583 g/mol. The molecule has 0 unspecified atom stereocenters. The van der Waals surface area contributed by atoms with Gasteiger partial charge in [-0.05, 0) is 47.4 Å². The van der Waals surface area contributed by atoms with Gasteiger partial charge in [-0.25, -0.2) is 4.79 Å². The van der Waals surface area contributed by atoms with Crippen molar-refractivity contribution in [2.75, 3.05) is 11.9 Å². The quantitative estimate of drug-likeness (QED) is 0.333. The van der Waals surface area contributed by atoms with Gasteiger partial charge in [-0.2, -0.15) is 13.2 Å². The predicted octanol–water partition coefficient (Wildman–Crippen LogP) is 5.12. The highest BCUT2D eigenvalue weighted by Gasteiger charge is 2.62. The number of halogens is 4. The van der Waals surface area contributed by atoms with Crippen molar-refractivity contribution in [3.05, 3.63) is 99.6 Å². The molecule has 7 nitrogen and oxygen atoms in total. The lowest BCUT2D eigenvalue weighted by molar-refractivity contribution is -0.159. The molecule has 3 amide bonds. The number of imide groups is 1. The minimum Gasteiger partial charge on any atom is -0.454 e. The topological polar surface area (TPSA) is 92.8 Å². The Balaban J connectivity index is 1.18. The van der Waals surface area contributed by atoms with E-state index in [0.717, 1.165) is 39.3 Å². The van der Waals surface area contributed by atoms with E-state index >= 15 is 0 Å². The predicted molar refractivity (Wildman–Crippen MR) is 141 cm³/mol. The van der Waals surface area contributed by atoms with E-state index in [2.05, 4.69) is 5.32 Å². The van der Waals surface area contributed by atoms with Crippen LogP contribution in [0.5, 0.6) is 0 Å². The molecule has 7 rings (SSSR count). The number of esters is 1. The number of anilines is 1. The molecule has 2 bridgehead atoms. The number of benzene rings is 3. The Kier molecular flexibility index (Phi) is 6.41. The van der Waals surface area contributed by atoms with E-state index in [1.54, 1.807) is 0 Å². The zero-order valence-electron chi connectivity index (χ0n) is 21.4. The van der Waals surface area contributed by atoms with Crippen molar-refractivity contribution < 1.29 is 37.1 Å². The van der Waals surface area contributed by atoms with Crippen molar-refractivity contribution in [3.63, 3.8) is 0 Å². The Morgan fingerprint density at radius 1 is 0.902 bits per heavy atom. The van der Waals surface area contributed by atoms with E-state index in [4.69, 9.17) is 16.3 Å². The third kappa shape index (κ3) is 4.28. The number of hydrogen-bond donors (Lipinski definition) is 1. The van der Waals surface area contributed by atoms with Gasteiger partial charge in [0.2, 0.25) is 11.8 Å². The highest BCUT2D eigenvalue weighted by molar-refractivity contribution is 6.33. The molecular formula is C30H22ClF3N2O5. The van der Waals surface area contributed by atoms with Crippen LogP contribution in [0.4, 0.5) is 18.9 Å². The van der Waals surface area contributed by atoms with Gasteiger partial charge in [0.1, 0.15) is 6.04 Å². The molecule has 210 valence electrons. The minimum atomic E-state index is -4.65. The first-order valence-corrected chi connectivity index (χ1v) is 13.2. The second-order valence-corrected chi connectivity index (χ2v) is 10.7. The number of amides is 3. The third-order valence-corrected chi connectivity index (χ3v) is 8.45. The monoisotopic (exact) mass is 582 g/mol. The summed E-state index contributed by atoms with van der Waals surface area (Å²) >= 11 is 5.91. The minimum absolute atomic E-state index is 0.140. The van der Waals surface area contributed by atoms with Crippen LogP contribution in [0.15, 0.2) is 66.7 Å². The van der Waals surface area contributed by atoms with Crippen LogP contribution in [0, 0.1) is 11.8 Å². The number of likely N-dealkylation sites (tertiary alicyclic amines) is 1. The first-order chi connectivity index (χ1) is 19.5. The van der Waals surface area contributed by atoms with E-state index in [-0.39, 0.29) is 22.5 Å². The first-order valence-electron chi connectivity index (χ1n) is 12.9. The number of hydrogen-bond acceptors (Lipinski definition) is 5. The van der Waals surface area contributed by atoms with E-state index < -0.39 is 59.9 Å². The van der Waals surface area contributed by atoms with Crippen LogP contribution in [0.3, 0.4) is 0 Å². The molecule has 3 aromatic rings. The summed E-state index contributed by atoms with van der Waals surface area (Å²) in [4.78, 5) is 53.7. The van der Waals surface area contributed by atoms with E-state index in [0.29, 0.717) is 6.07 Å². The molecule has 3 aromatic carbocycles. The number of carbonyl (C=O) groups is 4. The van der Waals surface area contributed by atoms with Crippen molar-refractivity contribution >= 4 is 41.0 Å².